The molecule has 0 spiro atoms. The van der Waals surface area contributed by atoms with E-state index < -0.39 is 11.4 Å². The van der Waals surface area contributed by atoms with E-state index in [2.05, 4.69) is 21.2 Å². The molecule has 5 nitrogen and oxygen atoms in total. The number of nitrogens with one attached hydrogen (secondary N) is 1. The second kappa shape index (κ2) is 5.54. The quantitative estimate of drug-likeness (QED) is 0.788. The maximum Gasteiger partial charge on any atom is 0.337 e. The van der Waals surface area contributed by atoms with Crippen LogP contribution in [0.15, 0.2) is 22.7 Å². The van der Waals surface area contributed by atoms with Crippen molar-refractivity contribution in [3.8, 4) is 0 Å². The van der Waals surface area contributed by atoms with E-state index in [-0.39, 0.29) is 23.2 Å². The first-order chi connectivity index (χ1) is 9.36. The summed E-state index contributed by atoms with van der Waals surface area (Å²) < 4.78 is 0.543. The van der Waals surface area contributed by atoms with Gasteiger partial charge in [0, 0.05) is 10.5 Å². The normalized spacial score (nSPS) is 25.4. The van der Waals surface area contributed by atoms with E-state index in [1.54, 1.807) is 12.1 Å². The lowest BCUT2D eigenvalue weighted by Gasteiger charge is -2.28. The van der Waals surface area contributed by atoms with Crippen LogP contribution in [-0.4, -0.2) is 23.0 Å². The number of amides is 1. The van der Waals surface area contributed by atoms with Crippen LogP contribution in [-0.2, 0) is 4.79 Å². The van der Waals surface area contributed by atoms with Gasteiger partial charge in [-0.15, -0.1) is 0 Å². The smallest absolute Gasteiger partial charge is 0.337 e. The number of nitrogens with two attached hydrogens (primary N) is 1. The Morgan fingerprint density at radius 1 is 1.50 bits per heavy atom. The molecule has 1 amide bonds. The monoisotopic (exact) mass is 340 g/mol. The van der Waals surface area contributed by atoms with Gasteiger partial charge in [-0.05, 0) is 47.8 Å². The van der Waals surface area contributed by atoms with Crippen molar-refractivity contribution in [3.63, 3.8) is 0 Å². The number of carboxylic acids is 1. The number of hydrogen-bond donors (Lipinski definition) is 3. The Labute approximate surface area is 125 Å². The van der Waals surface area contributed by atoms with E-state index in [0.717, 1.165) is 12.8 Å². The zero-order valence-electron chi connectivity index (χ0n) is 11.1. The minimum atomic E-state index is -1.08. The highest BCUT2D eigenvalue weighted by atomic mass is 79.9. The Kier molecular flexibility index (Phi) is 4.15. The van der Waals surface area contributed by atoms with E-state index in [4.69, 9.17) is 5.73 Å². The van der Waals surface area contributed by atoms with Gasteiger partial charge in [0.05, 0.1) is 16.7 Å². The van der Waals surface area contributed by atoms with Gasteiger partial charge in [-0.25, -0.2) is 4.79 Å². The molecule has 2 atom stereocenters. The van der Waals surface area contributed by atoms with Crippen molar-refractivity contribution < 1.29 is 14.7 Å². The molecule has 1 aromatic rings. The van der Waals surface area contributed by atoms with Crippen LogP contribution in [0.5, 0.6) is 0 Å². The lowest BCUT2D eigenvalue weighted by molar-refractivity contribution is -0.125. The van der Waals surface area contributed by atoms with Crippen LogP contribution >= 0.6 is 15.9 Å². The van der Waals surface area contributed by atoms with Crippen molar-refractivity contribution in [2.24, 2.45) is 11.1 Å². The van der Waals surface area contributed by atoms with Crippen LogP contribution < -0.4 is 11.1 Å². The second-order valence-corrected chi connectivity index (χ2v) is 6.19. The first-order valence-electron chi connectivity index (χ1n) is 6.45. The Bertz CT molecular complexity index is 561. The van der Waals surface area contributed by atoms with E-state index in [1.165, 1.54) is 6.07 Å². The number of halogens is 1. The van der Waals surface area contributed by atoms with Gasteiger partial charge < -0.3 is 16.2 Å². The third-order valence-corrected chi connectivity index (χ3v) is 4.69. The van der Waals surface area contributed by atoms with E-state index in [0.29, 0.717) is 10.9 Å². The Morgan fingerprint density at radius 3 is 2.75 bits per heavy atom. The first-order valence-corrected chi connectivity index (χ1v) is 7.24. The number of anilines is 1. The highest BCUT2D eigenvalue weighted by Crippen LogP contribution is 2.38. The van der Waals surface area contributed by atoms with Crippen LogP contribution in [0.4, 0.5) is 5.69 Å². The fourth-order valence-electron chi connectivity index (χ4n) is 2.56. The molecule has 20 heavy (non-hydrogen) atoms. The van der Waals surface area contributed by atoms with Crippen LogP contribution in [0.25, 0.3) is 0 Å². The van der Waals surface area contributed by atoms with Crippen molar-refractivity contribution in [2.75, 3.05) is 5.32 Å². The number of carbonyl (C=O) groups is 2. The Balaban J connectivity index is 2.31. The molecule has 0 radical (unpaired) electrons. The molecule has 0 bridgehead atoms. The minimum absolute atomic E-state index is 0.0582. The largest absolute Gasteiger partial charge is 0.478 e. The average molecular weight is 341 g/mol. The molecule has 6 heteroatoms. The van der Waals surface area contributed by atoms with Crippen LogP contribution in [0.3, 0.4) is 0 Å². The SMILES string of the molecule is CC1(C(=O)Nc2c(Br)cccc2C(=O)O)CCCC1N. The van der Waals surface area contributed by atoms with Gasteiger partial charge in [0.2, 0.25) is 5.91 Å². The van der Waals surface area contributed by atoms with Crippen molar-refractivity contribution >= 4 is 33.5 Å². The molecule has 0 aromatic heterocycles. The lowest BCUT2D eigenvalue weighted by Crippen LogP contribution is -2.44. The molecule has 1 aliphatic carbocycles. The van der Waals surface area contributed by atoms with E-state index in [9.17, 15) is 14.7 Å². The van der Waals surface area contributed by atoms with Gasteiger partial charge in [-0.1, -0.05) is 12.5 Å². The average Bonchev–Trinajstić information content (AvgIpc) is 2.73. The number of rotatable bonds is 3. The maximum absolute atomic E-state index is 12.5. The molecule has 2 rings (SSSR count). The summed E-state index contributed by atoms with van der Waals surface area (Å²) in [5.74, 6) is -1.31. The molecule has 0 heterocycles. The third-order valence-electron chi connectivity index (χ3n) is 4.03. The highest BCUT2D eigenvalue weighted by Gasteiger charge is 2.43. The third kappa shape index (κ3) is 2.58. The summed E-state index contributed by atoms with van der Waals surface area (Å²) in [5.41, 5.74) is 5.71. The fourth-order valence-corrected chi connectivity index (χ4v) is 3.03. The summed E-state index contributed by atoms with van der Waals surface area (Å²) in [6.07, 6.45) is 2.44. The number of hydrogen-bond acceptors (Lipinski definition) is 3. The van der Waals surface area contributed by atoms with Gasteiger partial charge in [0.15, 0.2) is 0 Å². The lowest BCUT2D eigenvalue weighted by atomic mass is 9.84. The van der Waals surface area contributed by atoms with Crippen molar-refractivity contribution in [1.29, 1.82) is 0 Å². The van der Waals surface area contributed by atoms with Crippen molar-refractivity contribution in [2.45, 2.75) is 32.2 Å². The number of carboxylic acid groups (broad SMARTS) is 1. The Morgan fingerprint density at radius 2 is 2.20 bits per heavy atom. The summed E-state index contributed by atoms with van der Waals surface area (Å²) in [6, 6.07) is 4.57. The van der Waals surface area contributed by atoms with Crippen molar-refractivity contribution in [3.05, 3.63) is 28.2 Å². The molecule has 0 aliphatic heterocycles. The van der Waals surface area contributed by atoms with Gasteiger partial charge >= 0.3 is 5.97 Å². The van der Waals surface area contributed by atoms with E-state index in [1.807, 2.05) is 6.92 Å². The Hall–Kier alpha value is -1.40. The van der Waals surface area contributed by atoms with Gasteiger partial charge in [-0.3, -0.25) is 4.79 Å². The number of aromatic carboxylic acids is 1. The zero-order valence-corrected chi connectivity index (χ0v) is 12.7. The molecular formula is C14H17BrN2O3. The fraction of sp³-hybridized carbons (Fsp3) is 0.429. The van der Waals surface area contributed by atoms with Gasteiger partial charge in [0.1, 0.15) is 0 Å². The summed E-state index contributed by atoms with van der Waals surface area (Å²) in [6.45, 7) is 1.83. The molecule has 1 fully saturated rings. The van der Waals surface area contributed by atoms with Crippen LogP contribution in [0, 0.1) is 5.41 Å². The predicted octanol–water partition coefficient (Wildman–Crippen LogP) is 2.60. The van der Waals surface area contributed by atoms with Crippen molar-refractivity contribution in [1.82, 2.24) is 0 Å². The van der Waals surface area contributed by atoms with E-state index >= 15 is 0 Å². The predicted molar refractivity (Wildman–Crippen MR) is 79.7 cm³/mol. The minimum Gasteiger partial charge on any atom is -0.478 e. The maximum atomic E-state index is 12.5. The number of carbonyl (C=O) groups excluding carboxylic acids is 1. The molecule has 1 aliphatic rings. The molecule has 108 valence electrons. The molecule has 0 saturated heterocycles. The number of benzene rings is 1. The summed E-state index contributed by atoms with van der Waals surface area (Å²) in [5, 5.41) is 11.9. The molecular weight excluding hydrogens is 324 g/mol. The number of para-hydroxylation sites is 1. The molecule has 1 aromatic carbocycles. The second-order valence-electron chi connectivity index (χ2n) is 5.34. The molecule has 1 saturated carbocycles. The van der Waals surface area contributed by atoms with Gasteiger partial charge in [0.25, 0.3) is 0 Å². The highest BCUT2D eigenvalue weighted by molar-refractivity contribution is 9.10. The van der Waals surface area contributed by atoms with Crippen LogP contribution in [0.1, 0.15) is 36.5 Å². The van der Waals surface area contributed by atoms with Gasteiger partial charge in [-0.2, -0.15) is 0 Å². The molecule has 2 unspecified atom stereocenters. The summed E-state index contributed by atoms with van der Waals surface area (Å²) in [7, 11) is 0. The summed E-state index contributed by atoms with van der Waals surface area (Å²) in [4.78, 5) is 23.7. The van der Waals surface area contributed by atoms with Crippen LogP contribution in [0.2, 0.25) is 0 Å². The summed E-state index contributed by atoms with van der Waals surface area (Å²) >= 11 is 3.28. The standard InChI is InChI=1S/C14H17BrN2O3/c1-14(7-3-6-10(14)16)13(20)17-11-8(12(18)19)4-2-5-9(11)15/h2,4-5,10H,3,6-7,16H2,1H3,(H,17,20)(H,18,19). The topological polar surface area (TPSA) is 92.4 Å². The zero-order chi connectivity index (χ0) is 14.9. The molecule has 4 N–H and O–H groups in total. The first kappa shape index (κ1) is 15.0.